The zero-order chi connectivity index (χ0) is 22.2. The Labute approximate surface area is 180 Å². The zero-order valence-electron chi connectivity index (χ0n) is 18.1. The molecule has 0 unspecified atom stereocenters. The summed E-state index contributed by atoms with van der Waals surface area (Å²) in [6, 6.07) is 9.80. The predicted molar refractivity (Wildman–Crippen MR) is 114 cm³/mol. The lowest BCUT2D eigenvalue weighted by molar-refractivity contribution is -0.137. The number of benzene rings is 1. The Kier molecular flexibility index (Phi) is 5.88. The van der Waals surface area contributed by atoms with Crippen molar-refractivity contribution in [2.75, 3.05) is 6.54 Å². The highest BCUT2D eigenvalue weighted by Crippen LogP contribution is 2.34. The first-order chi connectivity index (χ1) is 14.7. The molecule has 0 radical (unpaired) electrons. The van der Waals surface area contributed by atoms with Gasteiger partial charge in [-0.05, 0) is 75.0 Å². The highest BCUT2D eigenvalue weighted by Gasteiger charge is 2.30. The number of nitrogens with zero attached hydrogens (tertiary/aromatic N) is 4. The van der Waals surface area contributed by atoms with Gasteiger partial charge in [-0.25, -0.2) is 0 Å². The van der Waals surface area contributed by atoms with E-state index in [2.05, 4.69) is 23.0 Å². The molecular formula is C24H27F3N4. The van der Waals surface area contributed by atoms with E-state index in [1.165, 1.54) is 11.3 Å². The number of likely N-dealkylation sites (tertiary alicyclic amines) is 1. The van der Waals surface area contributed by atoms with E-state index in [4.69, 9.17) is 4.98 Å². The first-order valence-electron chi connectivity index (χ1n) is 10.6. The summed E-state index contributed by atoms with van der Waals surface area (Å²) in [5.41, 5.74) is 5.70. The molecule has 3 heterocycles. The first-order valence-corrected chi connectivity index (χ1v) is 10.6. The van der Waals surface area contributed by atoms with Crippen molar-refractivity contribution in [2.45, 2.75) is 51.9 Å². The van der Waals surface area contributed by atoms with Crippen molar-refractivity contribution >= 4 is 0 Å². The third-order valence-corrected chi connectivity index (χ3v) is 6.14. The number of rotatable bonds is 5. The van der Waals surface area contributed by atoms with Crippen LogP contribution in [0.4, 0.5) is 13.2 Å². The van der Waals surface area contributed by atoms with E-state index < -0.39 is 11.7 Å². The van der Waals surface area contributed by atoms with Gasteiger partial charge in [-0.1, -0.05) is 12.1 Å². The molecule has 0 saturated carbocycles. The lowest BCUT2D eigenvalue weighted by atomic mass is 10.0. The minimum Gasteiger partial charge on any atom is -0.290 e. The molecule has 1 saturated heterocycles. The zero-order valence-corrected chi connectivity index (χ0v) is 18.1. The van der Waals surface area contributed by atoms with Crippen LogP contribution in [0.1, 0.15) is 58.2 Å². The first kappa shape index (κ1) is 21.6. The van der Waals surface area contributed by atoms with E-state index in [1.807, 2.05) is 30.9 Å². The summed E-state index contributed by atoms with van der Waals surface area (Å²) in [6.45, 7) is 5.92. The summed E-state index contributed by atoms with van der Waals surface area (Å²) < 4.78 is 40.4. The van der Waals surface area contributed by atoms with Crippen molar-refractivity contribution in [3.8, 4) is 0 Å². The maximum atomic E-state index is 12.8. The van der Waals surface area contributed by atoms with Gasteiger partial charge in [-0.2, -0.15) is 18.3 Å². The minimum absolute atomic E-state index is 0.242. The monoisotopic (exact) mass is 428 g/mol. The molecule has 1 atom stereocenters. The lowest BCUT2D eigenvalue weighted by Crippen LogP contribution is -2.24. The number of aryl methyl sites for hydroxylation is 2. The van der Waals surface area contributed by atoms with Gasteiger partial charge in [0.15, 0.2) is 0 Å². The Morgan fingerprint density at radius 2 is 1.81 bits per heavy atom. The second kappa shape index (κ2) is 8.46. The number of hydrogen-bond acceptors (Lipinski definition) is 3. The summed E-state index contributed by atoms with van der Waals surface area (Å²) in [6.07, 6.45) is 0.383. The topological polar surface area (TPSA) is 34.0 Å². The number of hydrogen-bond donors (Lipinski definition) is 0. The molecule has 0 N–H and O–H groups in total. The number of halogens is 3. The largest absolute Gasteiger partial charge is 0.416 e. The van der Waals surface area contributed by atoms with Crippen molar-refractivity contribution in [1.82, 2.24) is 19.7 Å². The van der Waals surface area contributed by atoms with Gasteiger partial charge in [0.05, 0.1) is 23.5 Å². The van der Waals surface area contributed by atoms with Crippen molar-refractivity contribution in [2.24, 2.45) is 7.05 Å². The van der Waals surface area contributed by atoms with Crippen LogP contribution in [0.5, 0.6) is 0 Å². The molecule has 164 valence electrons. The fourth-order valence-electron chi connectivity index (χ4n) is 4.36. The molecule has 1 aliphatic heterocycles. The number of aromatic nitrogens is 3. The molecular weight excluding hydrogens is 401 g/mol. The van der Waals surface area contributed by atoms with Crippen molar-refractivity contribution < 1.29 is 13.2 Å². The van der Waals surface area contributed by atoms with Crippen LogP contribution in [0, 0.1) is 13.8 Å². The molecule has 0 amide bonds. The molecule has 7 heteroatoms. The second-order valence-electron chi connectivity index (χ2n) is 8.42. The van der Waals surface area contributed by atoms with Gasteiger partial charge in [-0.15, -0.1) is 0 Å². The highest BCUT2D eigenvalue weighted by atomic mass is 19.4. The van der Waals surface area contributed by atoms with Crippen LogP contribution in [0.25, 0.3) is 0 Å². The normalized spacial score (nSPS) is 17.4. The van der Waals surface area contributed by atoms with Gasteiger partial charge in [0.1, 0.15) is 0 Å². The Balaban J connectivity index is 1.53. The van der Waals surface area contributed by atoms with Crippen LogP contribution in [0.2, 0.25) is 0 Å². The molecule has 3 aromatic rings. The van der Waals surface area contributed by atoms with Crippen LogP contribution in [0.15, 0.2) is 42.6 Å². The summed E-state index contributed by atoms with van der Waals surface area (Å²) >= 11 is 0. The Bertz CT molecular complexity index is 1050. The fourth-order valence-corrected chi connectivity index (χ4v) is 4.36. The molecule has 31 heavy (non-hydrogen) atoms. The third kappa shape index (κ3) is 4.82. The summed E-state index contributed by atoms with van der Waals surface area (Å²) in [5, 5.41) is 4.36. The molecule has 1 aromatic carbocycles. The van der Waals surface area contributed by atoms with Crippen LogP contribution >= 0.6 is 0 Å². The van der Waals surface area contributed by atoms with Gasteiger partial charge in [0.25, 0.3) is 0 Å². The van der Waals surface area contributed by atoms with E-state index in [0.29, 0.717) is 6.42 Å². The van der Waals surface area contributed by atoms with Crippen LogP contribution in [-0.4, -0.2) is 26.2 Å². The van der Waals surface area contributed by atoms with Crippen molar-refractivity contribution in [1.29, 1.82) is 0 Å². The molecule has 4 nitrogen and oxygen atoms in total. The molecule has 0 bridgehead atoms. The van der Waals surface area contributed by atoms with Crippen molar-refractivity contribution in [3.63, 3.8) is 0 Å². The molecule has 1 fully saturated rings. The quantitative estimate of drug-likeness (QED) is 0.547. The average molecular weight is 429 g/mol. The summed E-state index contributed by atoms with van der Waals surface area (Å²) in [7, 11) is 1.95. The molecule has 0 aliphatic carbocycles. The minimum atomic E-state index is -4.31. The maximum absolute atomic E-state index is 12.8. The molecule has 0 spiro atoms. The summed E-state index contributed by atoms with van der Waals surface area (Å²) in [5.74, 6) is 0. The Hall–Kier alpha value is -2.67. The number of alkyl halides is 3. The summed E-state index contributed by atoms with van der Waals surface area (Å²) in [4.78, 5) is 7.26. The van der Waals surface area contributed by atoms with E-state index in [1.54, 1.807) is 12.1 Å². The van der Waals surface area contributed by atoms with E-state index in [0.717, 1.165) is 60.6 Å². The molecule has 2 aromatic heterocycles. The second-order valence-corrected chi connectivity index (χ2v) is 8.42. The van der Waals surface area contributed by atoms with E-state index in [-0.39, 0.29) is 6.04 Å². The van der Waals surface area contributed by atoms with Gasteiger partial charge >= 0.3 is 6.18 Å². The van der Waals surface area contributed by atoms with E-state index in [9.17, 15) is 13.2 Å². The van der Waals surface area contributed by atoms with Crippen LogP contribution in [-0.2, 0) is 26.2 Å². The van der Waals surface area contributed by atoms with Crippen molar-refractivity contribution in [3.05, 3.63) is 81.9 Å². The Morgan fingerprint density at radius 1 is 1.06 bits per heavy atom. The average Bonchev–Trinajstić information content (AvgIpc) is 3.29. The third-order valence-electron chi connectivity index (χ3n) is 6.14. The highest BCUT2D eigenvalue weighted by molar-refractivity contribution is 5.32. The van der Waals surface area contributed by atoms with Crippen LogP contribution < -0.4 is 0 Å². The van der Waals surface area contributed by atoms with Gasteiger partial charge in [0, 0.05) is 30.5 Å². The Morgan fingerprint density at radius 3 is 2.45 bits per heavy atom. The number of pyridine rings is 1. The van der Waals surface area contributed by atoms with Gasteiger partial charge < -0.3 is 0 Å². The lowest BCUT2D eigenvalue weighted by Gasteiger charge is -2.24. The smallest absolute Gasteiger partial charge is 0.290 e. The van der Waals surface area contributed by atoms with Gasteiger partial charge in [0.2, 0.25) is 0 Å². The SMILES string of the molecule is Cc1cc(Cc2ccc(C(F)(F)F)cc2)cc([C@@H]2CCCN2Cc2cnn(C)c2C)n1. The predicted octanol–water partition coefficient (Wildman–Crippen LogP) is 5.38. The molecule has 1 aliphatic rings. The fraction of sp³-hybridized carbons (Fsp3) is 0.417. The van der Waals surface area contributed by atoms with Crippen LogP contribution in [0.3, 0.4) is 0 Å². The standard InChI is InChI=1S/C24H27F3N4/c1-16-11-19(12-18-6-8-21(9-7-18)24(25,26)27)13-22(29-16)23-5-4-10-31(23)15-20-14-28-30(3)17(20)2/h6-9,11,13-14,23H,4-5,10,12,15H2,1-3H3/t23-/m0/s1. The molecule has 4 rings (SSSR count). The van der Waals surface area contributed by atoms with Gasteiger partial charge in [-0.3, -0.25) is 14.6 Å². The maximum Gasteiger partial charge on any atom is 0.416 e. The van der Waals surface area contributed by atoms with E-state index >= 15 is 0 Å².